The van der Waals surface area contributed by atoms with Gasteiger partial charge in [-0.2, -0.15) is 0 Å². The molecule has 5 heteroatoms. The first-order valence-electron chi connectivity index (χ1n) is 9.31. The molecule has 0 N–H and O–H groups in total. The molecule has 0 bridgehead atoms. The average molecular weight is 348 g/mol. The molecule has 132 valence electrons. The highest BCUT2D eigenvalue weighted by Crippen LogP contribution is 2.40. The van der Waals surface area contributed by atoms with Crippen molar-refractivity contribution in [3.8, 4) is 0 Å². The quantitative estimate of drug-likeness (QED) is 0.717. The molecular formula is C21H21FN4. The number of para-hydroxylation sites is 2. The molecule has 0 spiro atoms. The second kappa shape index (κ2) is 6.24. The molecule has 2 heterocycles. The van der Waals surface area contributed by atoms with Gasteiger partial charge in [-0.25, -0.2) is 14.4 Å². The zero-order valence-corrected chi connectivity index (χ0v) is 14.6. The van der Waals surface area contributed by atoms with Gasteiger partial charge in [0, 0.05) is 37.5 Å². The highest BCUT2D eigenvalue weighted by molar-refractivity contribution is 5.89. The predicted octanol–water partition coefficient (Wildman–Crippen LogP) is 3.97. The normalized spacial score (nSPS) is 17.7. The van der Waals surface area contributed by atoms with Crippen LogP contribution >= 0.6 is 0 Å². The number of hydrogen-bond acceptors (Lipinski definition) is 4. The predicted molar refractivity (Wildman–Crippen MR) is 102 cm³/mol. The second-order valence-electron chi connectivity index (χ2n) is 7.12. The Morgan fingerprint density at radius 2 is 1.50 bits per heavy atom. The van der Waals surface area contributed by atoms with Crippen molar-refractivity contribution in [1.82, 2.24) is 9.97 Å². The van der Waals surface area contributed by atoms with Gasteiger partial charge in [0.2, 0.25) is 0 Å². The Labute approximate surface area is 152 Å². The van der Waals surface area contributed by atoms with Crippen LogP contribution in [-0.2, 0) is 0 Å². The first kappa shape index (κ1) is 15.6. The van der Waals surface area contributed by atoms with E-state index in [0.717, 1.165) is 48.7 Å². The Kier molecular flexibility index (Phi) is 3.73. The minimum atomic E-state index is -0.149. The summed E-state index contributed by atoms with van der Waals surface area (Å²) in [6.45, 7) is 3.24. The van der Waals surface area contributed by atoms with Crippen molar-refractivity contribution >= 4 is 22.4 Å². The monoisotopic (exact) mass is 348 g/mol. The SMILES string of the molecule is Fc1ccccc1N1CCN(c2nc(C3CC3)nc3ccccc23)CC1. The lowest BCUT2D eigenvalue weighted by Gasteiger charge is -2.37. The summed E-state index contributed by atoms with van der Waals surface area (Å²) in [6.07, 6.45) is 2.39. The molecule has 0 atom stereocenters. The minimum absolute atomic E-state index is 0.149. The summed E-state index contributed by atoms with van der Waals surface area (Å²) < 4.78 is 14.1. The Hall–Kier alpha value is -2.69. The number of anilines is 2. The van der Waals surface area contributed by atoms with Crippen molar-refractivity contribution in [2.24, 2.45) is 0 Å². The lowest BCUT2D eigenvalue weighted by atomic mass is 10.2. The first-order chi connectivity index (χ1) is 12.8. The number of rotatable bonds is 3. The van der Waals surface area contributed by atoms with E-state index in [1.165, 1.54) is 18.9 Å². The van der Waals surface area contributed by atoms with E-state index < -0.39 is 0 Å². The van der Waals surface area contributed by atoms with Crippen molar-refractivity contribution in [3.63, 3.8) is 0 Å². The molecule has 4 nitrogen and oxygen atoms in total. The maximum atomic E-state index is 14.1. The molecule has 1 aliphatic carbocycles. The van der Waals surface area contributed by atoms with Gasteiger partial charge in [-0.1, -0.05) is 24.3 Å². The largest absolute Gasteiger partial charge is 0.366 e. The lowest BCUT2D eigenvalue weighted by Crippen LogP contribution is -2.47. The summed E-state index contributed by atoms with van der Waals surface area (Å²) in [7, 11) is 0. The fourth-order valence-electron chi connectivity index (χ4n) is 3.71. The molecule has 1 aliphatic heterocycles. The van der Waals surface area contributed by atoms with E-state index in [-0.39, 0.29) is 5.82 Å². The molecule has 3 aromatic rings. The van der Waals surface area contributed by atoms with Crippen LogP contribution in [0.2, 0.25) is 0 Å². The fourth-order valence-corrected chi connectivity index (χ4v) is 3.71. The Morgan fingerprint density at radius 3 is 2.27 bits per heavy atom. The third-order valence-corrected chi connectivity index (χ3v) is 5.32. The van der Waals surface area contributed by atoms with Crippen molar-refractivity contribution in [3.05, 3.63) is 60.2 Å². The molecule has 2 fully saturated rings. The van der Waals surface area contributed by atoms with Crippen molar-refractivity contribution in [2.75, 3.05) is 36.0 Å². The van der Waals surface area contributed by atoms with Crippen LogP contribution < -0.4 is 9.80 Å². The van der Waals surface area contributed by atoms with Gasteiger partial charge >= 0.3 is 0 Å². The number of nitrogens with zero attached hydrogens (tertiary/aromatic N) is 4. The Balaban J connectivity index is 1.44. The summed E-state index contributed by atoms with van der Waals surface area (Å²) in [6, 6.07) is 15.3. The number of piperazine rings is 1. The summed E-state index contributed by atoms with van der Waals surface area (Å²) in [5.74, 6) is 2.39. The van der Waals surface area contributed by atoms with E-state index in [1.54, 1.807) is 6.07 Å². The van der Waals surface area contributed by atoms with E-state index in [2.05, 4.69) is 21.9 Å². The summed E-state index contributed by atoms with van der Waals surface area (Å²) in [5, 5.41) is 1.11. The molecule has 1 aromatic heterocycles. The van der Waals surface area contributed by atoms with Crippen LogP contribution in [-0.4, -0.2) is 36.1 Å². The molecule has 26 heavy (non-hydrogen) atoms. The Morgan fingerprint density at radius 1 is 0.808 bits per heavy atom. The van der Waals surface area contributed by atoms with Crippen LogP contribution in [0.15, 0.2) is 48.5 Å². The molecule has 0 amide bonds. The molecule has 0 radical (unpaired) electrons. The standard InChI is InChI=1S/C21H21FN4/c22-17-6-2-4-8-19(17)25-11-13-26(14-12-25)21-16-5-1-3-7-18(16)23-20(24-21)15-9-10-15/h1-8,15H,9-14H2. The van der Waals surface area contributed by atoms with Crippen molar-refractivity contribution in [1.29, 1.82) is 0 Å². The molecule has 2 aromatic carbocycles. The van der Waals surface area contributed by atoms with Crippen LogP contribution in [0.3, 0.4) is 0 Å². The van der Waals surface area contributed by atoms with E-state index in [0.29, 0.717) is 11.6 Å². The van der Waals surface area contributed by atoms with E-state index in [1.807, 2.05) is 24.3 Å². The topological polar surface area (TPSA) is 32.3 Å². The maximum absolute atomic E-state index is 14.1. The van der Waals surface area contributed by atoms with Crippen LogP contribution in [0.1, 0.15) is 24.6 Å². The van der Waals surface area contributed by atoms with Crippen molar-refractivity contribution < 1.29 is 4.39 Å². The number of hydrogen-bond donors (Lipinski definition) is 0. The highest BCUT2D eigenvalue weighted by Gasteiger charge is 2.29. The lowest BCUT2D eigenvalue weighted by molar-refractivity contribution is 0.596. The third kappa shape index (κ3) is 2.77. The van der Waals surface area contributed by atoms with Gasteiger partial charge in [-0.15, -0.1) is 0 Å². The first-order valence-corrected chi connectivity index (χ1v) is 9.31. The molecule has 0 unspecified atom stereocenters. The summed E-state index contributed by atoms with van der Waals surface area (Å²) >= 11 is 0. The number of fused-ring (bicyclic) bond motifs is 1. The molecule has 1 saturated heterocycles. The van der Waals surface area contributed by atoms with Gasteiger partial charge in [0.05, 0.1) is 11.2 Å². The fraction of sp³-hybridized carbons (Fsp3) is 0.333. The van der Waals surface area contributed by atoms with Gasteiger partial charge in [0.25, 0.3) is 0 Å². The van der Waals surface area contributed by atoms with E-state index in [9.17, 15) is 4.39 Å². The summed E-state index contributed by atoms with van der Waals surface area (Å²) in [5.41, 5.74) is 1.72. The van der Waals surface area contributed by atoms with E-state index in [4.69, 9.17) is 9.97 Å². The van der Waals surface area contributed by atoms with Gasteiger partial charge in [-0.3, -0.25) is 0 Å². The second-order valence-corrected chi connectivity index (χ2v) is 7.12. The zero-order valence-electron chi connectivity index (χ0n) is 14.6. The van der Waals surface area contributed by atoms with Gasteiger partial charge in [0.1, 0.15) is 17.5 Å². The van der Waals surface area contributed by atoms with E-state index >= 15 is 0 Å². The maximum Gasteiger partial charge on any atom is 0.146 e. The van der Waals surface area contributed by atoms with Gasteiger partial charge < -0.3 is 9.80 Å². The average Bonchev–Trinajstić information content (AvgIpc) is 3.53. The van der Waals surface area contributed by atoms with Gasteiger partial charge in [0.15, 0.2) is 0 Å². The van der Waals surface area contributed by atoms with Crippen molar-refractivity contribution in [2.45, 2.75) is 18.8 Å². The van der Waals surface area contributed by atoms with Gasteiger partial charge in [-0.05, 0) is 37.1 Å². The highest BCUT2D eigenvalue weighted by atomic mass is 19.1. The van der Waals surface area contributed by atoms with Crippen LogP contribution in [0, 0.1) is 5.82 Å². The molecule has 1 saturated carbocycles. The Bertz CT molecular complexity index is 946. The smallest absolute Gasteiger partial charge is 0.146 e. The molecular weight excluding hydrogens is 327 g/mol. The molecule has 2 aliphatic rings. The van der Waals surface area contributed by atoms with Crippen LogP contribution in [0.5, 0.6) is 0 Å². The zero-order chi connectivity index (χ0) is 17.5. The number of aromatic nitrogens is 2. The van der Waals surface area contributed by atoms with Crippen LogP contribution in [0.25, 0.3) is 10.9 Å². The van der Waals surface area contributed by atoms with Crippen LogP contribution in [0.4, 0.5) is 15.9 Å². The summed E-state index contributed by atoms with van der Waals surface area (Å²) in [4.78, 5) is 14.1. The number of halogens is 1. The third-order valence-electron chi connectivity index (χ3n) is 5.32. The number of benzene rings is 2. The molecule has 5 rings (SSSR count). The minimum Gasteiger partial charge on any atom is -0.366 e.